The average molecular weight is 517 g/mol. The maximum absolute atomic E-state index is 15.3. The molecule has 4 nitrogen and oxygen atoms in total. The van der Waals surface area contributed by atoms with Gasteiger partial charge in [-0.25, -0.2) is 4.39 Å². The first-order valence-electron chi connectivity index (χ1n) is 13.7. The Morgan fingerprint density at radius 2 is 1.87 bits per heavy atom. The maximum Gasteiger partial charge on any atom is 0.306 e. The zero-order valence-electron chi connectivity index (χ0n) is 23.0. The SMILES string of the molecule is COC(=O)C[C@@H]1COc2cc(O[C@@H]3CCc4c(-c5c(C)cc(CCC(C)C)cc5C)ccc(F)c43)ccc21. The van der Waals surface area contributed by atoms with Crippen LogP contribution in [0.15, 0.2) is 42.5 Å². The number of hydrogen-bond acceptors (Lipinski definition) is 4. The summed E-state index contributed by atoms with van der Waals surface area (Å²) in [7, 11) is 1.39. The number of aryl methyl sites for hydroxylation is 3. The van der Waals surface area contributed by atoms with E-state index < -0.39 is 0 Å². The van der Waals surface area contributed by atoms with E-state index in [0.29, 0.717) is 29.6 Å². The third kappa shape index (κ3) is 5.16. The normalized spacial score (nSPS) is 17.8. The van der Waals surface area contributed by atoms with Gasteiger partial charge in [0.25, 0.3) is 0 Å². The van der Waals surface area contributed by atoms with Crippen LogP contribution in [-0.4, -0.2) is 19.7 Å². The van der Waals surface area contributed by atoms with Gasteiger partial charge in [-0.3, -0.25) is 4.79 Å². The molecule has 1 aliphatic carbocycles. The topological polar surface area (TPSA) is 44.8 Å². The number of esters is 1. The van der Waals surface area contributed by atoms with Gasteiger partial charge in [0.1, 0.15) is 23.4 Å². The smallest absolute Gasteiger partial charge is 0.306 e. The number of hydrogen-bond donors (Lipinski definition) is 0. The second kappa shape index (κ2) is 10.8. The molecule has 0 spiro atoms. The van der Waals surface area contributed by atoms with Crippen LogP contribution in [0.3, 0.4) is 0 Å². The Labute approximate surface area is 225 Å². The number of rotatable bonds is 8. The molecule has 1 aliphatic heterocycles. The summed E-state index contributed by atoms with van der Waals surface area (Å²) in [5.74, 6) is 1.54. The van der Waals surface area contributed by atoms with Crippen molar-refractivity contribution in [3.63, 3.8) is 0 Å². The molecule has 1 heterocycles. The second-order valence-electron chi connectivity index (χ2n) is 11.2. The van der Waals surface area contributed by atoms with E-state index in [2.05, 4.69) is 39.8 Å². The van der Waals surface area contributed by atoms with Crippen LogP contribution >= 0.6 is 0 Å². The molecule has 0 radical (unpaired) electrons. The first-order valence-corrected chi connectivity index (χ1v) is 13.7. The van der Waals surface area contributed by atoms with E-state index in [9.17, 15) is 4.79 Å². The molecule has 3 aromatic rings. The van der Waals surface area contributed by atoms with Crippen LogP contribution in [0.4, 0.5) is 4.39 Å². The van der Waals surface area contributed by atoms with Crippen LogP contribution in [0.5, 0.6) is 11.5 Å². The summed E-state index contributed by atoms with van der Waals surface area (Å²) in [5, 5.41) is 0. The fraction of sp³-hybridized carbons (Fsp3) is 0.424. The average Bonchev–Trinajstić information content (AvgIpc) is 3.48. The van der Waals surface area contributed by atoms with Crippen molar-refractivity contribution in [2.75, 3.05) is 13.7 Å². The standard InChI is InChI=1S/C33H37FO4/c1-19(2)6-7-22-14-20(3)32(21(4)15-22)26-10-12-28(34)33-27(26)11-13-29(33)38-24-8-9-25-23(16-31(35)36-5)18-37-30(25)17-24/h8-10,12,14-15,17,19,23,29H,6-7,11,13,16,18H2,1-5H3/t23-,29-/m1/s1. The third-order valence-electron chi connectivity index (χ3n) is 7.94. The van der Waals surface area contributed by atoms with Crippen LogP contribution in [0.1, 0.15) is 78.5 Å². The number of halogens is 1. The molecule has 5 rings (SSSR count). The van der Waals surface area contributed by atoms with Crippen molar-refractivity contribution in [1.82, 2.24) is 0 Å². The molecule has 38 heavy (non-hydrogen) atoms. The lowest BCUT2D eigenvalue weighted by Gasteiger charge is -2.19. The van der Waals surface area contributed by atoms with Crippen molar-refractivity contribution in [1.29, 1.82) is 0 Å². The number of fused-ring (bicyclic) bond motifs is 2. The van der Waals surface area contributed by atoms with Crippen molar-refractivity contribution in [2.24, 2.45) is 5.92 Å². The van der Waals surface area contributed by atoms with Gasteiger partial charge in [0, 0.05) is 23.1 Å². The Bertz CT molecular complexity index is 1340. The predicted molar refractivity (Wildman–Crippen MR) is 147 cm³/mol. The van der Waals surface area contributed by atoms with Crippen LogP contribution in [-0.2, 0) is 22.4 Å². The summed E-state index contributed by atoms with van der Waals surface area (Å²) < 4.78 is 32.3. The summed E-state index contributed by atoms with van der Waals surface area (Å²) >= 11 is 0. The van der Waals surface area contributed by atoms with Crippen molar-refractivity contribution in [3.05, 3.63) is 81.7 Å². The Morgan fingerprint density at radius 3 is 2.58 bits per heavy atom. The molecule has 0 saturated carbocycles. The first-order chi connectivity index (χ1) is 18.2. The van der Waals surface area contributed by atoms with Crippen LogP contribution < -0.4 is 9.47 Å². The third-order valence-corrected chi connectivity index (χ3v) is 7.94. The molecule has 5 heteroatoms. The molecule has 0 bridgehead atoms. The summed E-state index contributed by atoms with van der Waals surface area (Å²) in [6.07, 6.45) is 3.65. The molecule has 200 valence electrons. The van der Waals surface area contributed by atoms with E-state index in [1.165, 1.54) is 35.8 Å². The minimum absolute atomic E-state index is 0.0260. The van der Waals surface area contributed by atoms with Gasteiger partial charge in [-0.2, -0.15) is 0 Å². The highest BCUT2D eigenvalue weighted by Crippen LogP contribution is 2.45. The highest BCUT2D eigenvalue weighted by Gasteiger charge is 2.32. The predicted octanol–water partition coefficient (Wildman–Crippen LogP) is 7.80. The molecular weight excluding hydrogens is 479 g/mol. The Morgan fingerprint density at radius 1 is 1.11 bits per heavy atom. The van der Waals surface area contributed by atoms with E-state index in [1.807, 2.05) is 24.3 Å². The van der Waals surface area contributed by atoms with Crippen molar-refractivity contribution in [3.8, 4) is 22.6 Å². The molecule has 0 saturated heterocycles. The Hall–Kier alpha value is -3.34. The van der Waals surface area contributed by atoms with Gasteiger partial charge in [0.15, 0.2) is 0 Å². The van der Waals surface area contributed by atoms with Crippen molar-refractivity contribution < 1.29 is 23.4 Å². The number of carbonyl (C=O) groups is 1. The van der Waals surface area contributed by atoms with E-state index in [1.54, 1.807) is 6.07 Å². The van der Waals surface area contributed by atoms with Gasteiger partial charge in [0.05, 0.1) is 20.1 Å². The molecule has 0 N–H and O–H groups in total. The Balaban J connectivity index is 1.40. The monoisotopic (exact) mass is 516 g/mol. The molecule has 0 aromatic heterocycles. The number of carbonyl (C=O) groups excluding carboxylic acids is 1. The van der Waals surface area contributed by atoms with Gasteiger partial charge in [0.2, 0.25) is 0 Å². The zero-order valence-corrected chi connectivity index (χ0v) is 23.0. The second-order valence-corrected chi connectivity index (χ2v) is 11.2. The minimum atomic E-state index is -0.360. The van der Waals surface area contributed by atoms with Crippen LogP contribution in [0.2, 0.25) is 0 Å². The van der Waals surface area contributed by atoms with Gasteiger partial charge in [-0.1, -0.05) is 38.1 Å². The summed E-state index contributed by atoms with van der Waals surface area (Å²) in [5.41, 5.74) is 8.84. The summed E-state index contributed by atoms with van der Waals surface area (Å²) in [6.45, 7) is 9.28. The lowest BCUT2D eigenvalue weighted by Crippen LogP contribution is -2.09. The molecule has 0 fully saturated rings. The van der Waals surface area contributed by atoms with Crippen LogP contribution in [0, 0.1) is 25.6 Å². The highest BCUT2D eigenvalue weighted by atomic mass is 19.1. The van der Waals surface area contributed by atoms with Gasteiger partial charge in [-0.05, 0) is 91.0 Å². The van der Waals surface area contributed by atoms with E-state index >= 15 is 4.39 Å². The van der Waals surface area contributed by atoms with E-state index in [4.69, 9.17) is 14.2 Å². The Kier molecular flexibility index (Phi) is 7.47. The number of benzene rings is 3. The zero-order chi connectivity index (χ0) is 27.0. The van der Waals surface area contributed by atoms with E-state index in [0.717, 1.165) is 36.0 Å². The van der Waals surface area contributed by atoms with E-state index in [-0.39, 0.29) is 30.2 Å². The van der Waals surface area contributed by atoms with Gasteiger partial charge < -0.3 is 14.2 Å². The lowest BCUT2D eigenvalue weighted by molar-refractivity contribution is -0.141. The maximum atomic E-state index is 15.3. The lowest BCUT2D eigenvalue weighted by atomic mass is 9.88. The van der Waals surface area contributed by atoms with Crippen molar-refractivity contribution in [2.45, 2.75) is 71.8 Å². The minimum Gasteiger partial charge on any atom is -0.492 e. The quantitative estimate of drug-likeness (QED) is 0.287. The fourth-order valence-electron chi connectivity index (χ4n) is 6.05. The molecule has 3 aromatic carbocycles. The molecule has 0 amide bonds. The molecule has 2 atom stereocenters. The first kappa shape index (κ1) is 26.3. The molecular formula is C33H37FO4. The van der Waals surface area contributed by atoms with Gasteiger partial charge >= 0.3 is 5.97 Å². The highest BCUT2D eigenvalue weighted by molar-refractivity contribution is 5.76. The van der Waals surface area contributed by atoms with Crippen LogP contribution in [0.25, 0.3) is 11.1 Å². The largest absolute Gasteiger partial charge is 0.492 e. The number of methoxy groups -OCH3 is 1. The molecule has 2 aliphatic rings. The summed E-state index contributed by atoms with van der Waals surface area (Å²) in [4.78, 5) is 11.7. The van der Waals surface area contributed by atoms with Gasteiger partial charge in [-0.15, -0.1) is 0 Å². The number of ether oxygens (including phenoxy) is 3. The molecule has 0 unspecified atom stereocenters. The van der Waals surface area contributed by atoms with Crippen molar-refractivity contribution >= 4 is 5.97 Å². The fourth-order valence-corrected chi connectivity index (χ4v) is 6.05. The summed E-state index contributed by atoms with van der Waals surface area (Å²) in [6, 6.07) is 13.8.